The molecule has 1 aliphatic rings. The lowest BCUT2D eigenvalue weighted by Crippen LogP contribution is -2.53. The van der Waals surface area contributed by atoms with Crippen molar-refractivity contribution in [1.82, 2.24) is 4.90 Å². The smallest absolute Gasteiger partial charge is 0.239 e. The standard InChI is InChI=1S/C18H28N2O2.ClH/c1-5-6-16(19)18(21)20-10-17(22-11-14(20)4)15-9-12(2)7-8-13(15)3;/h7-9,14,16-17H,5-6,10-11,19H2,1-4H3;1H. The van der Waals surface area contributed by atoms with Gasteiger partial charge in [-0.15, -0.1) is 12.4 Å². The molecular formula is C18H29ClN2O2. The molecule has 0 aliphatic carbocycles. The fraction of sp³-hybridized carbons (Fsp3) is 0.611. The highest BCUT2D eigenvalue weighted by atomic mass is 35.5. The highest BCUT2D eigenvalue weighted by molar-refractivity contribution is 5.85. The van der Waals surface area contributed by atoms with Crippen molar-refractivity contribution >= 4 is 18.3 Å². The Balaban J connectivity index is 0.00000264. The highest BCUT2D eigenvalue weighted by Gasteiger charge is 2.33. The number of rotatable bonds is 4. The molecule has 1 amide bonds. The zero-order chi connectivity index (χ0) is 16.3. The SMILES string of the molecule is CCCC(N)C(=O)N1CC(c2cc(C)ccc2C)OCC1C.Cl. The summed E-state index contributed by atoms with van der Waals surface area (Å²) in [7, 11) is 0. The normalized spacial score (nSPS) is 22.4. The Morgan fingerprint density at radius 1 is 1.43 bits per heavy atom. The summed E-state index contributed by atoms with van der Waals surface area (Å²) in [5.74, 6) is 0.0490. The predicted octanol–water partition coefficient (Wildman–Crippen LogP) is 3.14. The molecule has 1 saturated heterocycles. The molecule has 1 heterocycles. The van der Waals surface area contributed by atoms with Gasteiger partial charge in [-0.2, -0.15) is 0 Å². The number of nitrogens with two attached hydrogens (primary N) is 1. The van der Waals surface area contributed by atoms with Gasteiger partial charge in [-0.3, -0.25) is 4.79 Å². The maximum atomic E-state index is 12.6. The second-order valence-electron chi connectivity index (χ2n) is 6.42. The van der Waals surface area contributed by atoms with Gasteiger partial charge in [-0.25, -0.2) is 0 Å². The fourth-order valence-corrected chi connectivity index (χ4v) is 3.01. The third-order valence-corrected chi connectivity index (χ3v) is 4.41. The lowest BCUT2D eigenvalue weighted by molar-refractivity contribution is -0.146. The summed E-state index contributed by atoms with van der Waals surface area (Å²) in [4.78, 5) is 14.5. The number of hydrogen-bond donors (Lipinski definition) is 1. The van der Waals surface area contributed by atoms with E-state index >= 15 is 0 Å². The van der Waals surface area contributed by atoms with Crippen LogP contribution in [0.4, 0.5) is 0 Å². The Kier molecular flexibility index (Phi) is 7.52. The number of aryl methyl sites for hydroxylation is 2. The Hall–Kier alpha value is -1.10. The highest BCUT2D eigenvalue weighted by Crippen LogP contribution is 2.28. The van der Waals surface area contributed by atoms with Gasteiger partial charge in [0.1, 0.15) is 6.10 Å². The molecule has 0 spiro atoms. The maximum absolute atomic E-state index is 12.6. The molecule has 23 heavy (non-hydrogen) atoms. The van der Waals surface area contributed by atoms with Crippen molar-refractivity contribution in [2.24, 2.45) is 5.73 Å². The van der Waals surface area contributed by atoms with Gasteiger partial charge < -0.3 is 15.4 Å². The van der Waals surface area contributed by atoms with Crippen LogP contribution >= 0.6 is 12.4 Å². The summed E-state index contributed by atoms with van der Waals surface area (Å²) >= 11 is 0. The third kappa shape index (κ3) is 4.69. The van der Waals surface area contributed by atoms with Gasteiger partial charge in [0, 0.05) is 0 Å². The van der Waals surface area contributed by atoms with Crippen LogP contribution in [0, 0.1) is 13.8 Å². The molecule has 3 unspecified atom stereocenters. The first-order valence-corrected chi connectivity index (χ1v) is 8.18. The van der Waals surface area contributed by atoms with Crippen molar-refractivity contribution in [2.75, 3.05) is 13.2 Å². The first kappa shape index (κ1) is 19.9. The van der Waals surface area contributed by atoms with Crippen LogP contribution in [-0.4, -0.2) is 36.0 Å². The van der Waals surface area contributed by atoms with Crippen molar-refractivity contribution in [3.05, 3.63) is 34.9 Å². The Morgan fingerprint density at radius 2 is 2.13 bits per heavy atom. The van der Waals surface area contributed by atoms with E-state index in [4.69, 9.17) is 10.5 Å². The molecule has 1 aromatic rings. The summed E-state index contributed by atoms with van der Waals surface area (Å²) in [5, 5.41) is 0. The summed E-state index contributed by atoms with van der Waals surface area (Å²) in [6.07, 6.45) is 1.59. The largest absolute Gasteiger partial charge is 0.370 e. The number of halogens is 1. The van der Waals surface area contributed by atoms with Crippen LogP contribution in [0.15, 0.2) is 18.2 Å². The van der Waals surface area contributed by atoms with Gasteiger partial charge in [0.25, 0.3) is 0 Å². The molecule has 3 atom stereocenters. The fourth-order valence-electron chi connectivity index (χ4n) is 3.01. The van der Waals surface area contributed by atoms with Crippen LogP contribution in [0.5, 0.6) is 0 Å². The summed E-state index contributed by atoms with van der Waals surface area (Å²) in [6, 6.07) is 6.05. The van der Waals surface area contributed by atoms with Crippen molar-refractivity contribution in [2.45, 2.75) is 58.7 Å². The molecule has 0 saturated carbocycles. The minimum Gasteiger partial charge on any atom is -0.370 e. The molecule has 1 fully saturated rings. The maximum Gasteiger partial charge on any atom is 0.239 e. The molecule has 0 aromatic heterocycles. The molecule has 4 nitrogen and oxygen atoms in total. The van der Waals surface area contributed by atoms with E-state index in [-0.39, 0.29) is 30.5 Å². The van der Waals surface area contributed by atoms with Gasteiger partial charge in [-0.1, -0.05) is 37.1 Å². The molecule has 2 N–H and O–H groups in total. The predicted molar refractivity (Wildman–Crippen MR) is 95.9 cm³/mol. The third-order valence-electron chi connectivity index (χ3n) is 4.41. The van der Waals surface area contributed by atoms with Crippen LogP contribution < -0.4 is 5.73 Å². The number of ether oxygens (including phenoxy) is 1. The Morgan fingerprint density at radius 3 is 2.78 bits per heavy atom. The van der Waals surface area contributed by atoms with Gasteiger partial charge in [0.2, 0.25) is 5.91 Å². The van der Waals surface area contributed by atoms with E-state index in [1.807, 2.05) is 11.8 Å². The van der Waals surface area contributed by atoms with Crippen molar-refractivity contribution < 1.29 is 9.53 Å². The second-order valence-corrected chi connectivity index (χ2v) is 6.42. The molecule has 0 radical (unpaired) electrons. The first-order chi connectivity index (χ1) is 10.4. The molecule has 1 aliphatic heterocycles. The molecule has 5 heteroatoms. The monoisotopic (exact) mass is 340 g/mol. The Bertz CT molecular complexity index is 536. The van der Waals surface area contributed by atoms with Crippen LogP contribution in [0.1, 0.15) is 49.5 Å². The van der Waals surface area contributed by atoms with E-state index in [0.29, 0.717) is 13.2 Å². The van der Waals surface area contributed by atoms with Gasteiger partial charge >= 0.3 is 0 Å². The number of amides is 1. The number of morpholine rings is 1. The summed E-state index contributed by atoms with van der Waals surface area (Å²) < 4.78 is 6.00. The van der Waals surface area contributed by atoms with E-state index in [2.05, 4.69) is 39.0 Å². The summed E-state index contributed by atoms with van der Waals surface area (Å²) in [5.41, 5.74) is 9.62. The van der Waals surface area contributed by atoms with Crippen LogP contribution in [0.3, 0.4) is 0 Å². The molecular weight excluding hydrogens is 312 g/mol. The summed E-state index contributed by atoms with van der Waals surface area (Å²) in [6.45, 7) is 9.38. The first-order valence-electron chi connectivity index (χ1n) is 8.18. The second kappa shape index (κ2) is 8.67. The van der Waals surface area contributed by atoms with E-state index in [1.165, 1.54) is 16.7 Å². The molecule has 0 bridgehead atoms. The minimum absolute atomic E-state index is 0. The van der Waals surface area contributed by atoms with Crippen molar-refractivity contribution in [1.29, 1.82) is 0 Å². The zero-order valence-electron chi connectivity index (χ0n) is 14.5. The molecule has 2 rings (SSSR count). The van der Waals surface area contributed by atoms with Gasteiger partial charge in [0.15, 0.2) is 0 Å². The average molecular weight is 341 g/mol. The lowest BCUT2D eigenvalue weighted by atomic mass is 9.98. The number of carbonyl (C=O) groups is 1. The Labute approximate surface area is 145 Å². The lowest BCUT2D eigenvalue weighted by Gasteiger charge is -2.39. The quantitative estimate of drug-likeness (QED) is 0.916. The average Bonchev–Trinajstić information content (AvgIpc) is 2.50. The topological polar surface area (TPSA) is 55.6 Å². The van der Waals surface area contributed by atoms with Crippen molar-refractivity contribution in [3.8, 4) is 0 Å². The van der Waals surface area contributed by atoms with Crippen LogP contribution in [-0.2, 0) is 9.53 Å². The van der Waals surface area contributed by atoms with Crippen LogP contribution in [0.25, 0.3) is 0 Å². The number of benzene rings is 1. The van der Waals surface area contributed by atoms with Gasteiger partial charge in [-0.05, 0) is 38.3 Å². The van der Waals surface area contributed by atoms with Gasteiger partial charge in [0.05, 0.1) is 25.2 Å². The number of carbonyl (C=O) groups excluding carboxylic acids is 1. The van der Waals surface area contributed by atoms with E-state index in [1.54, 1.807) is 0 Å². The zero-order valence-corrected chi connectivity index (χ0v) is 15.4. The minimum atomic E-state index is -0.398. The number of nitrogens with zero attached hydrogens (tertiary/aromatic N) is 1. The van der Waals surface area contributed by atoms with E-state index in [9.17, 15) is 4.79 Å². The van der Waals surface area contributed by atoms with Crippen LogP contribution in [0.2, 0.25) is 0 Å². The van der Waals surface area contributed by atoms with E-state index in [0.717, 1.165) is 12.8 Å². The van der Waals surface area contributed by atoms with E-state index < -0.39 is 6.04 Å². The number of hydrogen-bond acceptors (Lipinski definition) is 3. The van der Waals surface area contributed by atoms with Crippen molar-refractivity contribution in [3.63, 3.8) is 0 Å². The molecule has 130 valence electrons. The molecule has 1 aromatic carbocycles.